The van der Waals surface area contributed by atoms with Crippen LogP contribution in [0.3, 0.4) is 0 Å². The highest BCUT2D eigenvalue weighted by Crippen LogP contribution is 2.49. The highest BCUT2D eigenvalue weighted by atomic mass is 14.3. The van der Waals surface area contributed by atoms with E-state index in [1.165, 1.54) is 209 Å². The van der Waals surface area contributed by atoms with E-state index in [2.05, 4.69) is 461 Å². The van der Waals surface area contributed by atoms with E-state index in [0.29, 0.717) is 0 Å². The number of rotatable bonds is 13. The Bertz CT molecular complexity index is 6920. The molecule has 21 rings (SSSR count). The molecule has 532 valence electrons. The number of hydrogen-bond donors (Lipinski definition) is 0. The molecule has 0 nitrogen and oxygen atoms in total. The Labute approximate surface area is 665 Å². The van der Waals surface area contributed by atoms with Gasteiger partial charge in [-0.2, -0.15) is 0 Å². The van der Waals surface area contributed by atoms with E-state index in [1.54, 1.807) is 0 Å². The summed E-state index contributed by atoms with van der Waals surface area (Å²) < 4.78 is 0. The molecular formula is C114H76. The lowest BCUT2D eigenvalue weighted by molar-refractivity contribution is 1.58. The topological polar surface area (TPSA) is 0 Å². The smallest absolute Gasteiger partial charge is 0.00259 e. The predicted octanol–water partition coefficient (Wildman–Crippen LogP) is 32.0. The van der Waals surface area contributed by atoms with Gasteiger partial charge in [-0.3, -0.25) is 0 Å². The molecule has 0 aliphatic heterocycles. The van der Waals surface area contributed by atoms with Crippen molar-refractivity contribution in [2.45, 2.75) is 0 Å². The van der Waals surface area contributed by atoms with E-state index < -0.39 is 0 Å². The molecule has 0 unspecified atom stereocenters. The van der Waals surface area contributed by atoms with Gasteiger partial charge >= 0.3 is 0 Å². The number of fused-ring (bicyclic) bond motifs is 6. The first-order valence-corrected chi connectivity index (χ1v) is 39.4. The van der Waals surface area contributed by atoms with Crippen molar-refractivity contribution in [1.82, 2.24) is 0 Å². The lowest BCUT2D eigenvalue weighted by atomic mass is 9.84. The summed E-state index contributed by atoms with van der Waals surface area (Å²) in [6, 6.07) is 169. The molecule has 0 fully saturated rings. The highest BCUT2D eigenvalue weighted by Gasteiger charge is 2.22. The second-order valence-corrected chi connectivity index (χ2v) is 29.7. The molecule has 21 aromatic rings. The first kappa shape index (κ1) is 68.5. The molecule has 0 aromatic heterocycles. The highest BCUT2D eigenvalue weighted by molar-refractivity contribution is 6.24. The van der Waals surface area contributed by atoms with E-state index in [-0.39, 0.29) is 0 Å². The zero-order valence-corrected chi connectivity index (χ0v) is 62.9. The molecule has 0 aliphatic rings. The number of benzene rings is 21. The van der Waals surface area contributed by atoms with E-state index in [9.17, 15) is 0 Å². The maximum absolute atomic E-state index is 2.39. The fourth-order valence-electron chi connectivity index (χ4n) is 17.4. The van der Waals surface area contributed by atoms with Crippen molar-refractivity contribution in [1.29, 1.82) is 0 Å². The minimum Gasteiger partial charge on any atom is -0.0622 e. The summed E-state index contributed by atoms with van der Waals surface area (Å²) in [4.78, 5) is 0. The Morgan fingerprint density at radius 3 is 0.614 bits per heavy atom. The van der Waals surface area contributed by atoms with Gasteiger partial charge in [-0.15, -0.1) is 0 Å². The first-order chi connectivity index (χ1) is 56.5. The normalized spacial score (nSPS) is 11.3. The number of hydrogen-bond acceptors (Lipinski definition) is 0. The van der Waals surface area contributed by atoms with Gasteiger partial charge < -0.3 is 0 Å². The molecule has 0 aliphatic carbocycles. The quantitative estimate of drug-likeness (QED) is 0.101. The van der Waals surface area contributed by atoms with Gasteiger partial charge in [0.1, 0.15) is 0 Å². The standard InChI is InChI=1S/C60H40.C54H36/c1-4-15-41(16-5-1)47-21-14-22-48(35-47)44-27-29-45(30-28-44)49-33-31-46-32-34-50(37-51(46)36-49)59-55-23-10-12-25-57(55)60(58-26-13-11-24-56(58)59)54-39-52(42-17-6-2-7-18-42)38-53(40-54)43-19-8-3-9-20-43;1-4-16-37(17-5-1)44-34-45(38-18-6-2-7-19-38)36-46(35-44)54-51-26-14-12-24-49(51)53(50-25-13-15-27-52(50)54)42-31-29-39-28-30-41(32-43(39)33-42)48-23-11-10-22-47(48)40-20-8-3-9-21-40/h1-40H;1-36H. The van der Waals surface area contributed by atoms with Gasteiger partial charge in [-0.05, 0) is 276 Å². The van der Waals surface area contributed by atoms with E-state index in [0.717, 1.165) is 0 Å². The third-order valence-electron chi connectivity index (χ3n) is 22.8. The van der Waals surface area contributed by atoms with Gasteiger partial charge in [-0.1, -0.05) is 394 Å². The Morgan fingerprint density at radius 1 is 0.0877 bits per heavy atom. The SMILES string of the molecule is c1ccc(-c2cc(-c3ccccc3)cc(-c3c4ccccc4c(-c4ccc5ccc(-c6ccccc6-c6ccccc6)cc5c4)c4ccccc34)c2)cc1.c1ccc(-c2cccc(-c3ccc(-c4ccc5ccc(-c6c7ccccc7c(-c7cc(-c8ccccc8)cc(-c8ccccc8)c7)c7ccccc67)cc5c4)cc3)c2)cc1. The largest absolute Gasteiger partial charge is 0.0622 e. The summed E-state index contributed by atoms with van der Waals surface area (Å²) in [5, 5.41) is 14.9. The van der Waals surface area contributed by atoms with Crippen LogP contribution in [0.5, 0.6) is 0 Å². The van der Waals surface area contributed by atoms with Gasteiger partial charge in [0.05, 0.1) is 0 Å². The Balaban J connectivity index is 0.000000149. The maximum atomic E-state index is 2.39. The van der Waals surface area contributed by atoms with Crippen LogP contribution in [0.1, 0.15) is 0 Å². The van der Waals surface area contributed by atoms with E-state index in [4.69, 9.17) is 0 Å². The third-order valence-corrected chi connectivity index (χ3v) is 22.8. The van der Waals surface area contributed by atoms with Crippen molar-refractivity contribution in [3.63, 3.8) is 0 Å². The molecule has 0 radical (unpaired) electrons. The lowest BCUT2D eigenvalue weighted by Gasteiger charge is -2.19. The van der Waals surface area contributed by atoms with Gasteiger partial charge in [0.25, 0.3) is 0 Å². The summed E-state index contributed by atoms with van der Waals surface area (Å²) in [6.45, 7) is 0. The fourth-order valence-corrected chi connectivity index (χ4v) is 17.4. The Morgan fingerprint density at radius 2 is 0.281 bits per heavy atom. The van der Waals surface area contributed by atoms with Crippen LogP contribution in [-0.2, 0) is 0 Å². The van der Waals surface area contributed by atoms with Gasteiger partial charge in [0.15, 0.2) is 0 Å². The van der Waals surface area contributed by atoms with Crippen molar-refractivity contribution < 1.29 is 0 Å². The van der Waals surface area contributed by atoms with E-state index >= 15 is 0 Å². The van der Waals surface area contributed by atoms with Gasteiger partial charge in [0, 0.05) is 0 Å². The molecule has 21 aromatic carbocycles. The van der Waals surface area contributed by atoms with Crippen molar-refractivity contribution in [2.24, 2.45) is 0 Å². The second-order valence-electron chi connectivity index (χ2n) is 29.7. The summed E-state index contributed by atoms with van der Waals surface area (Å²) in [7, 11) is 0. The van der Waals surface area contributed by atoms with Crippen molar-refractivity contribution >= 4 is 64.6 Å². The minimum atomic E-state index is 1.21. The molecule has 0 saturated heterocycles. The third kappa shape index (κ3) is 13.3. The average molecular weight is 1450 g/mol. The van der Waals surface area contributed by atoms with Crippen LogP contribution in [-0.4, -0.2) is 0 Å². The molecular weight excluding hydrogens is 1370 g/mol. The van der Waals surface area contributed by atoms with Crippen LogP contribution < -0.4 is 0 Å². The Hall–Kier alpha value is -14.8. The van der Waals surface area contributed by atoms with Crippen LogP contribution in [0.4, 0.5) is 0 Å². The molecule has 0 atom stereocenters. The monoisotopic (exact) mass is 1440 g/mol. The van der Waals surface area contributed by atoms with Crippen LogP contribution >= 0.6 is 0 Å². The molecule has 0 amide bonds. The Kier molecular flexibility index (Phi) is 18.1. The fraction of sp³-hybridized carbons (Fsp3) is 0. The van der Waals surface area contributed by atoms with Gasteiger partial charge in [0.2, 0.25) is 0 Å². The summed E-state index contributed by atoms with van der Waals surface area (Å²) in [6.07, 6.45) is 0. The summed E-state index contributed by atoms with van der Waals surface area (Å²) in [5.74, 6) is 0. The van der Waals surface area contributed by atoms with Crippen LogP contribution in [0.15, 0.2) is 461 Å². The maximum Gasteiger partial charge on any atom is -0.00259 e. The molecule has 0 heteroatoms. The average Bonchev–Trinajstić information content (AvgIpc) is 0.733. The second kappa shape index (κ2) is 30.2. The van der Waals surface area contributed by atoms with E-state index in [1.807, 2.05) is 0 Å². The van der Waals surface area contributed by atoms with Crippen molar-refractivity contribution in [3.05, 3.63) is 461 Å². The van der Waals surface area contributed by atoms with Crippen LogP contribution in [0, 0.1) is 0 Å². The molecule has 114 heavy (non-hydrogen) atoms. The summed E-state index contributed by atoms with van der Waals surface area (Å²) in [5.41, 5.74) is 31.9. The lowest BCUT2D eigenvalue weighted by Crippen LogP contribution is -1.92. The van der Waals surface area contributed by atoms with Crippen molar-refractivity contribution in [3.8, 4) is 145 Å². The zero-order chi connectivity index (χ0) is 75.7. The minimum absolute atomic E-state index is 1.21. The van der Waals surface area contributed by atoms with Crippen LogP contribution in [0.2, 0.25) is 0 Å². The van der Waals surface area contributed by atoms with Gasteiger partial charge in [-0.25, -0.2) is 0 Å². The molecule has 0 spiro atoms. The molecule has 0 bridgehead atoms. The first-order valence-electron chi connectivity index (χ1n) is 39.4. The van der Waals surface area contributed by atoms with Crippen LogP contribution in [0.25, 0.3) is 209 Å². The predicted molar refractivity (Wildman–Crippen MR) is 489 cm³/mol. The molecule has 0 saturated carbocycles. The summed E-state index contributed by atoms with van der Waals surface area (Å²) >= 11 is 0. The molecule has 0 heterocycles. The zero-order valence-electron chi connectivity index (χ0n) is 62.9. The van der Waals surface area contributed by atoms with Crippen molar-refractivity contribution in [2.75, 3.05) is 0 Å². The molecule has 0 N–H and O–H groups in total.